The van der Waals surface area contributed by atoms with Gasteiger partial charge in [0.25, 0.3) is 0 Å². The third-order valence-corrected chi connectivity index (χ3v) is 4.92. The van der Waals surface area contributed by atoms with Crippen molar-refractivity contribution in [2.45, 2.75) is 52.4 Å². The van der Waals surface area contributed by atoms with E-state index in [4.69, 9.17) is 0 Å². The zero-order valence-corrected chi connectivity index (χ0v) is 13.0. The van der Waals surface area contributed by atoms with Crippen LogP contribution in [0.25, 0.3) is 0 Å². The van der Waals surface area contributed by atoms with Crippen molar-refractivity contribution >= 4 is 9.84 Å². The van der Waals surface area contributed by atoms with E-state index in [0.29, 0.717) is 11.7 Å². The number of rotatable bonds is 7. The maximum atomic E-state index is 11.4. The predicted octanol–water partition coefficient (Wildman–Crippen LogP) is 2.62. The molecular weight excluding hydrogens is 246 g/mol. The summed E-state index contributed by atoms with van der Waals surface area (Å²) in [6.45, 7) is 6.43. The molecule has 0 bridgehead atoms. The Labute approximate surface area is 113 Å². The van der Waals surface area contributed by atoms with Gasteiger partial charge in [0.15, 0.2) is 0 Å². The molecule has 1 saturated carbocycles. The average Bonchev–Trinajstić information content (AvgIpc) is 2.27. The normalized spacial score (nSPS) is 20.2. The molecule has 18 heavy (non-hydrogen) atoms. The molecular formula is C14H29NO2S. The Balaban J connectivity index is 2.52. The summed E-state index contributed by atoms with van der Waals surface area (Å²) >= 11 is 0. The van der Waals surface area contributed by atoms with Crippen LogP contribution in [0.5, 0.6) is 0 Å². The number of nitrogens with one attached hydrogen (secondary N) is 1. The summed E-state index contributed by atoms with van der Waals surface area (Å²) in [5.74, 6) is 0.997. The van der Waals surface area contributed by atoms with Crippen LogP contribution in [0.1, 0.15) is 52.4 Å². The maximum Gasteiger partial charge on any atom is 0.147 e. The second-order valence-corrected chi connectivity index (χ2v) is 8.73. The van der Waals surface area contributed by atoms with Gasteiger partial charge in [0.1, 0.15) is 9.84 Å². The Hall–Kier alpha value is -0.0900. The molecule has 1 aliphatic rings. The third kappa shape index (κ3) is 6.19. The fraction of sp³-hybridized carbons (Fsp3) is 1.00. The third-order valence-electron chi connectivity index (χ3n) is 3.97. The SMILES string of the molecule is CC(C)CNCC1(CCS(C)(=O)=O)CCCCC1. The Morgan fingerprint density at radius 3 is 2.28 bits per heavy atom. The van der Waals surface area contributed by atoms with Gasteiger partial charge in [-0.3, -0.25) is 0 Å². The van der Waals surface area contributed by atoms with Gasteiger partial charge in [0, 0.05) is 12.8 Å². The molecule has 0 unspecified atom stereocenters. The summed E-state index contributed by atoms with van der Waals surface area (Å²) in [6, 6.07) is 0. The van der Waals surface area contributed by atoms with E-state index >= 15 is 0 Å². The monoisotopic (exact) mass is 275 g/mol. The van der Waals surface area contributed by atoms with E-state index in [9.17, 15) is 8.42 Å². The van der Waals surface area contributed by atoms with Gasteiger partial charge in [-0.1, -0.05) is 33.1 Å². The molecule has 0 heterocycles. The molecule has 3 nitrogen and oxygen atoms in total. The van der Waals surface area contributed by atoms with Gasteiger partial charge in [-0.15, -0.1) is 0 Å². The lowest BCUT2D eigenvalue weighted by Gasteiger charge is -2.38. The Morgan fingerprint density at radius 1 is 1.17 bits per heavy atom. The van der Waals surface area contributed by atoms with Gasteiger partial charge in [-0.2, -0.15) is 0 Å². The van der Waals surface area contributed by atoms with Crippen LogP contribution < -0.4 is 5.32 Å². The molecule has 0 aliphatic heterocycles. The zero-order valence-electron chi connectivity index (χ0n) is 12.2. The molecule has 1 rings (SSSR count). The standard InChI is InChI=1S/C14H29NO2S/c1-13(2)11-15-12-14(7-5-4-6-8-14)9-10-18(3,16)17/h13,15H,4-12H2,1-3H3. The van der Waals surface area contributed by atoms with Gasteiger partial charge < -0.3 is 5.32 Å². The highest BCUT2D eigenvalue weighted by atomic mass is 32.2. The topological polar surface area (TPSA) is 46.2 Å². The smallest absolute Gasteiger partial charge is 0.147 e. The van der Waals surface area contributed by atoms with Crippen molar-refractivity contribution in [1.29, 1.82) is 0 Å². The predicted molar refractivity (Wildman–Crippen MR) is 77.6 cm³/mol. The molecule has 0 radical (unpaired) electrons. The van der Waals surface area contributed by atoms with Gasteiger partial charge in [0.2, 0.25) is 0 Å². The second kappa shape index (κ2) is 6.90. The number of hydrogen-bond acceptors (Lipinski definition) is 3. The van der Waals surface area contributed by atoms with Crippen LogP contribution in [0.15, 0.2) is 0 Å². The molecule has 4 heteroatoms. The van der Waals surface area contributed by atoms with E-state index in [0.717, 1.165) is 19.5 Å². The minimum atomic E-state index is -2.83. The maximum absolute atomic E-state index is 11.4. The first-order chi connectivity index (χ1) is 8.33. The van der Waals surface area contributed by atoms with Crippen molar-refractivity contribution in [2.75, 3.05) is 25.1 Å². The van der Waals surface area contributed by atoms with E-state index in [2.05, 4.69) is 19.2 Å². The Bertz CT molecular complexity index is 330. The lowest BCUT2D eigenvalue weighted by atomic mass is 9.72. The molecule has 0 saturated heterocycles. The molecule has 0 aromatic rings. The van der Waals surface area contributed by atoms with E-state index in [-0.39, 0.29) is 5.41 Å². The van der Waals surface area contributed by atoms with Crippen LogP contribution in [-0.2, 0) is 9.84 Å². The highest BCUT2D eigenvalue weighted by Crippen LogP contribution is 2.39. The van der Waals surface area contributed by atoms with Crippen molar-refractivity contribution in [3.63, 3.8) is 0 Å². The number of hydrogen-bond donors (Lipinski definition) is 1. The Kier molecular flexibility index (Phi) is 6.12. The molecule has 0 spiro atoms. The van der Waals surface area contributed by atoms with Crippen LogP contribution in [0.2, 0.25) is 0 Å². The van der Waals surface area contributed by atoms with Crippen molar-refractivity contribution in [2.24, 2.45) is 11.3 Å². The molecule has 0 aromatic carbocycles. The fourth-order valence-electron chi connectivity index (χ4n) is 2.84. The summed E-state index contributed by atoms with van der Waals surface area (Å²) in [4.78, 5) is 0. The van der Waals surface area contributed by atoms with E-state index in [1.807, 2.05) is 0 Å². The van der Waals surface area contributed by atoms with Crippen molar-refractivity contribution in [3.05, 3.63) is 0 Å². The first-order valence-electron chi connectivity index (χ1n) is 7.21. The lowest BCUT2D eigenvalue weighted by Crippen LogP contribution is -2.38. The fourth-order valence-corrected chi connectivity index (χ4v) is 3.65. The van der Waals surface area contributed by atoms with E-state index < -0.39 is 9.84 Å². The number of sulfone groups is 1. The quantitative estimate of drug-likeness (QED) is 0.777. The first-order valence-corrected chi connectivity index (χ1v) is 9.28. The van der Waals surface area contributed by atoms with Gasteiger partial charge in [-0.25, -0.2) is 8.42 Å². The largest absolute Gasteiger partial charge is 0.316 e. The first kappa shape index (κ1) is 16.0. The minimum absolute atomic E-state index is 0.232. The van der Waals surface area contributed by atoms with Crippen LogP contribution >= 0.6 is 0 Å². The van der Waals surface area contributed by atoms with Crippen LogP contribution in [0, 0.1) is 11.3 Å². The summed E-state index contributed by atoms with van der Waals surface area (Å²) in [7, 11) is -2.83. The molecule has 1 N–H and O–H groups in total. The lowest BCUT2D eigenvalue weighted by molar-refractivity contribution is 0.174. The molecule has 1 aliphatic carbocycles. The van der Waals surface area contributed by atoms with E-state index in [1.165, 1.54) is 38.4 Å². The highest BCUT2D eigenvalue weighted by molar-refractivity contribution is 7.90. The minimum Gasteiger partial charge on any atom is -0.316 e. The molecule has 1 fully saturated rings. The van der Waals surface area contributed by atoms with E-state index in [1.54, 1.807) is 0 Å². The van der Waals surface area contributed by atoms with Crippen LogP contribution in [0.3, 0.4) is 0 Å². The highest BCUT2D eigenvalue weighted by Gasteiger charge is 2.32. The molecule has 0 atom stereocenters. The van der Waals surface area contributed by atoms with Crippen molar-refractivity contribution < 1.29 is 8.42 Å². The summed E-state index contributed by atoms with van der Waals surface area (Å²) in [6.07, 6.45) is 8.38. The van der Waals surface area contributed by atoms with Gasteiger partial charge in [-0.05, 0) is 37.1 Å². The zero-order chi connectivity index (χ0) is 13.6. The van der Waals surface area contributed by atoms with Crippen molar-refractivity contribution in [3.8, 4) is 0 Å². The van der Waals surface area contributed by atoms with Crippen LogP contribution in [0.4, 0.5) is 0 Å². The van der Waals surface area contributed by atoms with Gasteiger partial charge in [0.05, 0.1) is 5.75 Å². The summed E-state index contributed by atoms with van der Waals surface area (Å²) < 4.78 is 22.8. The van der Waals surface area contributed by atoms with Crippen LogP contribution in [-0.4, -0.2) is 33.5 Å². The van der Waals surface area contributed by atoms with Gasteiger partial charge >= 0.3 is 0 Å². The molecule has 108 valence electrons. The molecule has 0 amide bonds. The summed E-state index contributed by atoms with van der Waals surface area (Å²) in [5.41, 5.74) is 0.232. The average molecular weight is 275 g/mol. The summed E-state index contributed by atoms with van der Waals surface area (Å²) in [5, 5.41) is 3.54. The molecule has 0 aromatic heterocycles. The second-order valence-electron chi connectivity index (χ2n) is 6.47. The van der Waals surface area contributed by atoms with Crippen molar-refractivity contribution in [1.82, 2.24) is 5.32 Å². The Morgan fingerprint density at radius 2 is 1.78 bits per heavy atom.